The molecule has 0 radical (unpaired) electrons. The Hall–Kier alpha value is -3.95. The molecular formula is C26H27FN4O5. The lowest BCUT2D eigenvalue weighted by molar-refractivity contribution is -0.143. The molecule has 2 aliphatic heterocycles. The molecule has 2 aromatic carbocycles. The fourth-order valence-electron chi connectivity index (χ4n) is 5.56. The van der Waals surface area contributed by atoms with Crippen LogP contribution in [-0.4, -0.2) is 53.4 Å². The highest BCUT2D eigenvalue weighted by atomic mass is 19.1. The standard InChI is InChI=1S/C26H27FN4O5/c1-15-3-10-21(16-4-6-18(27)7-5-16)31(15)22(32)14-30-23(33)26(36-25(30)35)12-11-17-13-19(8-9-20(17)26)29-24(34)28-2/h4-9,13,15,21H,3,10-12,14H2,1-2H3,(H2,28,29,34)/t15?,21?,26-/m1/s1. The Morgan fingerprint density at radius 3 is 2.61 bits per heavy atom. The number of aryl methyl sites for hydroxylation is 1. The number of likely N-dealkylation sites (tertiary alicyclic amines) is 1. The zero-order chi connectivity index (χ0) is 25.6. The number of anilines is 1. The van der Waals surface area contributed by atoms with Crippen molar-refractivity contribution in [2.45, 2.75) is 50.3 Å². The Kier molecular flexibility index (Phi) is 5.89. The Bertz CT molecular complexity index is 1250. The van der Waals surface area contributed by atoms with Gasteiger partial charge in [-0.3, -0.25) is 9.59 Å². The van der Waals surface area contributed by atoms with Crippen LogP contribution in [0.2, 0.25) is 0 Å². The number of hydrogen-bond acceptors (Lipinski definition) is 5. The van der Waals surface area contributed by atoms with Crippen molar-refractivity contribution < 1.29 is 28.3 Å². The van der Waals surface area contributed by atoms with E-state index in [1.807, 2.05) is 6.92 Å². The van der Waals surface area contributed by atoms with Gasteiger partial charge in [0.2, 0.25) is 11.5 Å². The monoisotopic (exact) mass is 494 g/mol. The van der Waals surface area contributed by atoms with Crippen LogP contribution in [0.3, 0.4) is 0 Å². The molecule has 9 nitrogen and oxygen atoms in total. The van der Waals surface area contributed by atoms with Crippen molar-refractivity contribution in [1.82, 2.24) is 15.1 Å². The van der Waals surface area contributed by atoms with Gasteiger partial charge in [0.15, 0.2) is 0 Å². The maximum absolute atomic E-state index is 13.5. The van der Waals surface area contributed by atoms with Crippen LogP contribution in [0.5, 0.6) is 0 Å². The van der Waals surface area contributed by atoms with Crippen molar-refractivity contribution >= 4 is 29.6 Å². The molecule has 2 saturated heterocycles. The van der Waals surface area contributed by atoms with Crippen LogP contribution in [0.15, 0.2) is 42.5 Å². The Labute approximate surface area is 207 Å². The van der Waals surface area contributed by atoms with Gasteiger partial charge in [-0.1, -0.05) is 18.2 Å². The maximum Gasteiger partial charge on any atom is 0.418 e. The summed E-state index contributed by atoms with van der Waals surface area (Å²) in [4.78, 5) is 53.9. The number of amides is 5. The van der Waals surface area contributed by atoms with E-state index in [1.54, 1.807) is 35.2 Å². The van der Waals surface area contributed by atoms with Gasteiger partial charge < -0.3 is 20.3 Å². The van der Waals surface area contributed by atoms with E-state index < -0.39 is 24.1 Å². The van der Waals surface area contributed by atoms with Crippen molar-refractivity contribution in [2.75, 3.05) is 18.9 Å². The lowest BCUT2D eigenvalue weighted by atomic mass is 9.94. The number of nitrogens with zero attached hydrogens (tertiary/aromatic N) is 2. The summed E-state index contributed by atoms with van der Waals surface area (Å²) in [7, 11) is 1.51. The van der Waals surface area contributed by atoms with E-state index in [4.69, 9.17) is 4.74 Å². The van der Waals surface area contributed by atoms with Crippen molar-refractivity contribution in [3.63, 3.8) is 0 Å². The number of imide groups is 1. The maximum atomic E-state index is 13.5. The van der Waals surface area contributed by atoms with E-state index >= 15 is 0 Å². The van der Waals surface area contributed by atoms with Crippen LogP contribution in [0.25, 0.3) is 0 Å². The second kappa shape index (κ2) is 8.92. The number of urea groups is 1. The number of carbonyl (C=O) groups excluding carboxylic acids is 4. The molecule has 10 heteroatoms. The highest BCUT2D eigenvalue weighted by Gasteiger charge is 2.58. The smallest absolute Gasteiger partial charge is 0.418 e. The number of hydrogen-bond donors (Lipinski definition) is 2. The van der Waals surface area contributed by atoms with Crippen LogP contribution in [-0.2, 0) is 26.3 Å². The van der Waals surface area contributed by atoms with Crippen LogP contribution in [0.4, 0.5) is 19.7 Å². The van der Waals surface area contributed by atoms with E-state index in [1.165, 1.54) is 19.2 Å². The number of rotatable bonds is 4. The largest absolute Gasteiger partial charge is 0.427 e. The zero-order valence-electron chi connectivity index (χ0n) is 20.0. The topological polar surface area (TPSA) is 108 Å². The van der Waals surface area contributed by atoms with Crippen molar-refractivity contribution in [3.8, 4) is 0 Å². The number of nitrogens with one attached hydrogen (secondary N) is 2. The lowest BCUT2D eigenvalue weighted by Crippen LogP contribution is -2.46. The van der Waals surface area contributed by atoms with Gasteiger partial charge in [0, 0.05) is 30.8 Å². The summed E-state index contributed by atoms with van der Waals surface area (Å²) in [5, 5.41) is 5.16. The molecule has 5 amide bonds. The molecule has 2 N–H and O–H groups in total. The van der Waals surface area contributed by atoms with Crippen LogP contribution in [0, 0.1) is 5.82 Å². The molecule has 36 heavy (non-hydrogen) atoms. The SMILES string of the molecule is CNC(=O)Nc1ccc2c(c1)CC[C@@]21OC(=O)N(CC(=O)N2C(C)CCC2c2ccc(F)cc2)C1=O. The second-order valence-electron chi connectivity index (χ2n) is 9.46. The lowest BCUT2D eigenvalue weighted by Gasteiger charge is -2.30. The van der Waals surface area contributed by atoms with Gasteiger partial charge in [-0.2, -0.15) is 0 Å². The third kappa shape index (κ3) is 3.86. The Morgan fingerprint density at radius 1 is 1.14 bits per heavy atom. The van der Waals surface area contributed by atoms with Gasteiger partial charge in [0.25, 0.3) is 5.91 Å². The summed E-state index contributed by atoms with van der Waals surface area (Å²) < 4.78 is 19.1. The van der Waals surface area contributed by atoms with E-state index in [9.17, 15) is 23.6 Å². The van der Waals surface area contributed by atoms with E-state index in [0.29, 0.717) is 24.1 Å². The Morgan fingerprint density at radius 2 is 1.89 bits per heavy atom. The summed E-state index contributed by atoms with van der Waals surface area (Å²) in [6.45, 7) is 1.50. The quantitative estimate of drug-likeness (QED) is 0.677. The molecule has 1 aliphatic carbocycles. The zero-order valence-corrected chi connectivity index (χ0v) is 20.0. The van der Waals surface area contributed by atoms with Crippen molar-refractivity contribution in [2.24, 2.45) is 0 Å². The molecule has 1 spiro atoms. The van der Waals surface area contributed by atoms with E-state index in [-0.39, 0.29) is 36.3 Å². The summed E-state index contributed by atoms with van der Waals surface area (Å²) >= 11 is 0. The van der Waals surface area contributed by atoms with Crippen molar-refractivity contribution in [1.29, 1.82) is 0 Å². The third-order valence-corrected chi connectivity index (χ3v) is 7.35. The molecule has 2 aromatic rings. The van der Waals surface area contributed by atoms with Crippen LogP contribution < -0.4 is 10.6 Å². The first-order valence-electron chi connectivity index (χ1n) is 12.0. The fourth-order valence-corrected chi connectivity index (χ4v) is 5.56. The van der Waals surface area contributed by atoms with Crippen molar-refractivity contribution in [3.05, 3.63) is 65.0 Å². The number of fused-ring (bicyclic) bond motifs is 2. The first-order chi connectivity index (χ1) is 17.2. The van der Waals surface area contributed by atoms with E-state index in [2.05, 4.69) is 10.6 Å². The van der Waals surface area contributed by atoms with Crippen LogP contribution >= 0.6 is 0 Å². The van der Waals surface area contributed by atoms with E-state index in [0.717, 1.165) is 22.4 Å². The highest BCUT2D eigenvalue weighted by molar-refractivity contribution is 6.06. The molecule has 0 aromatic heterocycles. The molecule has 0 bridgehead atoms. The minimum absolute atomic E-state index is 0.0892. The summed E-state index contributed by atoms with van der Waals surface area (Å²) in [6, 6.07) is 10.4. The number of halogens is 1. The second-order valence-corrected chi connectivity index (χ2v) is 9.46. The van der Waals surface area contributed by atoms with Gasteiger partial charge in [0.05, 0.1) is 6.04 Å². The first-order valence-corrected chi connectivity index (χ1v) is 12.0. The highest BCUT2D eigenvalue weighted by Crippen LogP contribution is 2.46. The molecule has 3 atom stereocenters. The molecule has 2 heterocycles. The number of benzene rings is 2. The Balaban J connectivity index is 1.35. The fraction of sp³-hybridized carbons (Fsp3) is 0.385. The molecule has 2 fully saturated rings. The molecule has 188 valence electrons. The first kappa shape index (κ1) is 23.8. The molecular weight excluding hydrogens is 467 g/mol. The molecule has 5 rings (SSSR count). The minimum Gasteiger partial charge on any atom is -0.427 e. The minimum atomic E-state index is -1.47. The predicted octanol–water partition coefficient (Wildman–Crippen LogP) is 3.45. The molecule has 2 unspecified atom stereocenters. The summed E-state index contributed by atoms with van der Waals surface area (Å²) in [5.74, 6) is -1.27. The average molecular weight is 495 g/mol. The van der Waals surface area contributed by atoms with Gasteiger partial charge in [-0.15, -0.1) is 0 Å². The van der Waals surface area contributed by atoms with Gasteiger partial charge in [0.1, 0.15) is 12.4 Å². The average Bonchev–Trinajstić information content (AvgIpc) is 3.49. The van der Waals surface area contributed by atoms with Gasteiger partial charge in [-0.05, 0) is 61.6 Å². The van der Waals surface area contributed by atoms with Gasteiger partial charge >= 0.3 is 12.1 Å². The predicted molar refractivity (Wildman–Crippen MR) is 127 cm³/mol. The third-order valence-electron chi connectivity index (χ3n) is 7.35. The summed E-state index contributed by atoms with van der Waals surface area (Å²) in [6.07, 6.45) is 1.37. The molecule has 3 aliphatic rings. The summed E-state index contributed by atoms with van der Waals surface area (Å²) in [5.41, 5.74) is 1.26. The normalized spacial score (nSPS) is 24.8. The molecule has 0 saturated carbocycles. The number of ether oxygens (including phenoxy) is 1. The van der Waals surface area contributed by atoms with Gasteiger partial charge in [-0.25, -0.2) is 18.9 Å². The number of carbonyl (C=O) groups is 4. The van der Waals surface area contributed by atoms with Crippen LogP contribution in [0.1, 0.15) is 48.9 Å².